The van der Waals surface area contributed by atoms with Crippen molar-refractivity contribution in [3.8, 4) is 0 Å². The maximum absolute atomic E-state index is 11.6. The Balaban J connectivity index is 2.71. The van der Waals surface area contributed by atoms with E-state index in [4.69, 9.17) is 16.7 Å². The van der Waals surface area contributed by atoms with Crippen LogP contribution in [0.2, 0.25) is 5.02 Å². The topological polar surface area (TPSA) is 78.4 Å². The van der Waals surface area contributed by atoms with E-state index in [-0.39, 0.29) is 0 Å². The molecule has 0 spiro atoms. The molecule has 0 aliphatic heterocycles. The van der Waals surface area contributed by atoms with E-state index in [9.17, 15) is 9.59 Å². The van der Waals surface area contributed by atoms with Crippen molar-refractivity contribution in [2.24, 2.45) is 0 Å². The minimum absolute atomic E-state index is 0.505. The van der Waals surface area contributed by atoms with E-state index in [0.717, 1.165) is 0 Å². The van der Waals surface area contributed by atoms with Gasteiger partial charge in [0.2, 0.25) is 0 Å². The van der Waals surface area contributed by atoms with Gasteiger partial charge < -0.3 is 15.7 Å². The lowest BCUT2D eigenvalue weighted by Gasteiger charge is -2.21. The highest BCUT2D eigenvalue weighted by atomic mass is 79.9. The van der Waals surface area contributed by atoms with Gasteiger partial charge in [-0.3, -0.25) is 0 Å². The average Bonchev–Trinajstić information content (AvgIpc) is 2.22. The molecular weight excluding hydrogens is 323 g/mol. The van der Waals surface area contributed by atoms with Crippen LogP contribution in [0.1, 0.15) is 13.8 Å². The van der Waals surface area contributed by atoms with Crippen molar-refractivity contribution in [3.05, 3.63) is 27.7 Å². The number of anilines is 1. The molecule has 0 unspecified atom stereocenters. The molecule has 0 fully saturated rings. The van der Waals surface area contributed by atoms with Gasteiger partial charge in [-0.05, 0) is 48.0 Å². The van der Waals surface area contributed by atoms with Crippen molar-refractivity contribution in [2.75, 3.05) is 5.32 Å². The highest BCUT2D eigenvalue weighted by Crippen LogP contribution is 2.25. The molecule has 0 saturated heterocycles. The maximum Gasteiger partial charge on any atom is 0.328 e. The number of carbonyl (C=O) groups excluding carboxylic acids is 1. The molecule has 0 saturated carbocycles. The molecule has 2 amide bonds. The van der Waals surface area contributed by atoms with Crippen molar-refractivity contribution < 1.29 is 14.7 Å². The van der Waals surface area contributed by atoms with Gasteiger partial charge in [-0.1, -0.05) is 11.6 Å². The number of halogens is 2. The second-order valence-electron chi connectivity index (χ2n) is 4.14. The van der Waals surface area contributed by atoms with Gasteiger partial charge in [0.25, 0.3) is 0 Å². The molecule has 1 aromatic rings. The Hall–Kier alpha value is -1.27. The molecule has 3 N–H and O–H groups in total. The highest BCUT2D eigenvalue weighted by Gasteiger charge is 2.28. The lowest BCUT2D eigenvalue weighted by molar-refractivity contribution is -0.142. The van der Waals surface area contributed by atoms with Crippen LogP contribution in [0.15, 0.2) is 22.7 Å². The van der Waals surface area contributed by atoms with Gasteiger partial charge in [0.1, 0.15) is 5.54 Å². The highest BCUT2D eigenvalue weighted by molar-refractivity contribution is 9.10. The number of carboxylic acid groups (broad SMARTS) is 1. The fourth-order valence-corrected chi connectivity index (χ4v) is 1.57. The molecule has 18 heavy (non-hydrogen) atoms. The summed E-state index contributed by atoms with van der Waals surface area (Å²) in [4.78, 5) is 22.4. The van der Waals surface area contributed by atoms with E-state index in [0.29, 0.717) is 15.2 Å². The van der Waals surface area contributed by atoms with Crippen molar-refractivity contribution in [3.63, 3.8) is 0 Å². The first-order chi connectivity index (χ1) is 8.22. The number of hydrogen-bond acceptors (Lipinski definition) is 2. The third-order valence-corrected chi connectivity index (χ3v) is 3.35. The molecule has 0 radical (unpaired) electrons. The van der Waals surface area contributed by atoms with Crippen molar-refractivity contribution in [1.82, 2.24) is 5.32 Å². The van der Waals surface area contributed by atoms with Gasteiger partial charge in [-0.15, -0.1) is 0 Å². The fourth-order valence-electron chi connectivity index (χ4n) is 1.07. The SMILES string of the molecule is CC(C)(NC(=O)Nc1ccc(Cl)c(Br)c1)C(=O)O. The van der Waals surface area contributed by atoms with Gasteiger partial charge in [0.15, 0.2) is 0 Å². The minimum atomic E-state index is -1.34. The van der Waals surface area contributed by atoms with Crippen molar-refractivity contribution >= 4 is 45.2 Å². The van der Waals surface area contributed by atoms with Crippen LogP contribution < -0.4 is 10.6 Å². The van der Waals surface area contributed by atoms with Crippen molar-refractivity contribution in [1.29, 1.82) is 0 Å². The van der Waals surface area contributed by atoms with Crippen LogP contribution in [0.25, 0.3) is 0 Å². The van der Waals surface area contributed by atoms with Crippen LogP contribution in [0, 0.1) is 0 Å². The van der Waals surface area contributed by atoms with Gasteiger partial charge in [0, 0.05) is 10.2 Å². The summed E-state index contributed by atoms with van der Waals surface area (Å²) in [5.41, 5.74) is -0.835. The number of nitrogens with one attached hydrogen (secondary N) is 2. The quantitative estimate of drug-likeness (QED) is 0.794. The number of benzene rings is 1. The number of amides is 2. The standard InChI is InChI=1S/C11H12BrClN2O3/c1-11(2,9(16)17)15-10(18)14-6-3-4-8(13)7(12)5-6/h3-5H,1-2H3,(H,16,17)(H2,14,15,18). The van der Waals surface area contributed by atoms with E-state index < -0.39 is 17.5 Å². The first-order valence-electron chi connectivity index (χ1n) is 5.00. The normalized spacial score (nSPS) is 10.9. The number of carbonyl (C=O) groups is 2. The summed E-state index contributed by atoms with van der Waals surface area (Å²) in [5, 5.41) is 14.2. The summed E-state index contributed by atoms with van der Waals surface area (Å²) in [7, 11) is 0. The summed E-state index contributed by atoms with van der Waals surface area (Å²) in [6.07, 6.45) is 0. The van der Waals surface area contributed by atoms with Crippen LogP contribution in [-0.4, -0.2) is 22.6 Å². The molecule has 0 heterocycles. The Kier molecular flexibility index (Phi) is 4.59. The fraction of sp³-hybridized carbons (Fsp3) is 0.273. The van der Waals surface area contributed by atoms with Crippen LogP contribution in [-0.2, 0) is 4.79 Å². The average molecular weight is 336 g/mol. The minimum Gasteiger partial charge on any atom is -0.480 e. The third-order valence-electron chi connectivity index (χ3n) is 2.14. The van der Waals surface area contributed by atoms with Crippen LogP contribution in [0.3, 0.4) is 0 Å². The predicted octanol–water partition coefficient (Wildman–Crippen LogP) is 3.09. The van der Waals surface area contributed by atoms with E-state index in [2.05, 4.69) is 26.6 Å². The maximum atomic E-state index is 11.6. The van der Waals surface area contributed by atoms with Crippen LogP contribution in [0.5, 0.6) is 0 Å². The number of rotatable bonds is 3. The van der Waals surface area contributed by atoms with E-state index in [1.54, 1.807) is 18.2 Å². The summed E-state index contributed by atoms with van der Waals surface area (Å²) in [6.45, 7) is 2.79. The molecule has 98 valence electrons. The van der Waals surface area contributed by atoms with Crippen molar-refractivity contribution in [2.45, 2.75) is 19.4 Å². The molecular formula is C11H12BrClN2O3. The third kappa shape index (κ3) is 3.89. The first kappa shape index (κ1) is 14.8. The summed E-state index contributed by atoms with van der Waals surface area (Å²) in [6, 6.07) is 4.25. The Labute approximate surface area is 118 Å². The number of aliphatic carboxylic acids is 1. The van der Waals surface area contributed by atoms with Crippen LogP contribution >= 0.6 is 27.5 Å². The summed E-state index contributed by atoms with van der Waals surface area (Å²) in [5.74, 6) is -1.12. The first-order valence-corrected chi connectivity index (χ1v) is 6.17. The molecule has 1 aromatic carbocycles. The zero-order chi connectivity index (χ0) is 13.9. The largest absolute Gasteiger partial charge is 0.480 e. The molecule has 0 aromatic heterocycles. The second kappa shape index (κ2) is 5.58. The molecule has 1 rings (SSSR count). The smallest absolute Gasteiger partial charge is 0.328 e. The predicted molar refractivity (Wildman–Crippen MR) is 73.0 cm³/mol. The molecule has 5 nitrogen and oxygen atoms in total. The number of hydrogen-bond donors (Lipinski definition) is 3. The van der Waals surface area contributed by atoms with E-state index >= 15 is 0 Å². The lowest BCUT2D eigenvalue weighted by atomic mass is 10.1. The van der Waals surface area contributed by atoms with Gasteiger partial charge in [-0.2, -0.15) is 0 Å². The Morgan fingerprint density at radius 2 is 2.00 bits per heavy atom. The van der Waals surface area contributed by atoms with Gasteiger partial charge in [0.05, 0.1) is 5.02 Å². The van der Waals surface area contributed by atoms with Crippen LogP contribution in [0.4, 0.5) is 10.5 Å². The zero-order valence-electron chi connectivity index (χ0n) is 9.75. The number of carboxylic acids is 1. The molecule has 7 heteroatoms. The Morgan fingerprint density at radius 1 is 1.39 bits per heavy atom. The summed E-state index contributed by atoms with van der Waals surface area (Å²) >= 11 is 9.04. The molecule has 0 aliphatic carbocycles. The Bertz CT molecular complexity index is 491. The zero-order valence-corrected chi connectivity index (χ0v) is 12.1. The second-order valence-corrected chi connectivity index (χ2v) is 5.40. The number of urea groups is 1. The Morgan fingerprint density at radius 3 is 2.50 bits per heavy atom. The molecule has 0 atom stereocenters. The van der Waals surface area contributed by atoms with E-state index in [1.165, 1.54) is 13.8 Å². The molecule has 0 aliphatic rings. The van der Waals surface area contributed by atoms with Gasteiger partial charge in [-0.25, -0.2) is 9.59 Å². The van der Waals surface area contributed by atoms with E-state index in [1.807, 2.05) is 0 Å². The van der Waals surface area contributed by atoms with Gasteiger partial charge >= 0.3 is 12.0 Å². The summed E-state index contributed by atoms with van der Waals surface area (Å²) < 4.78 is 0.638. The lowest BCUT2D eigenvalue weighted by Crippen LogP contribution is -2.51. The molecule has 0 bridgehead atoms. The monoisotopic (exact) mass is 334 g/mol.